The molecule has 2 aromatic carbocycles. The summed E-state index contributed by atoms with van der Waals surface area (Å²) in [5, 5.41) is 3.90. The summed E-state index contributed by atoms with van der Waals surface area (Å²) in [5.74, 6) is -0.102. The molecule has 0 radical (unpaired) electrons. The van der Waals surface area contributed by atoms with Gasteiger partial charge in [0.25, 0.3) is 0 Å². The van der Waals surface area contributed by atoms with E-state index in [1.807, 2.05) is 24.3 Å². The zero-order valence-corrected chi connectivity index (χ0v) is 17.3. The lowest BCUT2D eigenvalue weighted by Gasteiger charge is -2.34. The Balaban J connectivity index is 1.41. The van der Waals surface area contributed by atoms with Gasteiger partial charge in [-0.15, -0.1) is 11.3 Å². The van der Waals surface area contributed by atoms with Gasteiger partial charge in [-0.05, 0) is 30.7 Å². The molecule has 6 heteroatoms. The van der Waals surface area contributed by atoms with Crippen LogP contribution in [0.3, 0.4) is 0 Å². The average molecular weight is 408 g/mol. The van der Waals surface area contributed by atoms with Crippen molar-refractivity contribution in [3.8, 4) is 0 Å². The molecule has 0 bridgehead atoms. The molecule has 0 aliphatic carbocycles. The number of amides is 1. The molecule has 1 atom stereocenters. The normalized spacial score (nSPS) is 16.3. The van der Waals surface area contributed by atoms with Crippen molar-refractivity contribution < 1.29 is 9.53 Å². The Morgan fingerprint density at radius 3 is 2.72 bits per heavy atom. The summed E-state index contributed by atoms with van der Waals surface area (Å²) in [5.41, 5.74) is 3.41. The van der Waals surface area contributed by atoms with Crippen molar-refractivity contribution in [3.63, 3.8) is 0 Å². The van der Waals surface area contributed by atoms with Crippen LogP contribution in [0.4, 0.5) is 0 Å². The van der Waals surface area contributed by atoms with E-state index < -0.39 is 0 Å². The minimum atomic E-state index is -0.102. The number of morpholine rings is 1. The number of nitrogens with zero attached hydrogens (tertiary/aromatic N) is 2. The summed E-state index contributed by atoms with van der Waals surface area (Å²) >= 11 is 1.58. The fourth-order valence-electron chi connectivity index (χ4n) is 3.50. The van der Waals surface area contributed by atoms with E-state index in [9.17, 15) is 4.79 Å². The molecule has 5 nitrogen and oxygen atoms in total. The summed E-state index contributed by atoms with van der Waals surface area (Å²) in [6, 6.07) is 16.7. The number of thiazole rings is 1. The predicted molar refractivity (Wildman–Crippen MR) is 118 cm³/mol. The number of aryl methyl sites for hydroxylation is 1. The van der Waals surface area contributed by atoms with Crippen molar-refractivity contribution in [1.29, 1.82) is 0 Å². The second-order valence-electron chi connectivity index (χ2n) is 7.17. The van der Waals surface area contributed by atoms with Crippen LogP contribution in [0.25, 0.3) is 16.3 Å². The molecule has 1 fully saturated rings. The lowest BCUT2D eigenvalue weighted by atomic mass is 10.0. The Kier molecular flexibility index (Phi) is 6.34. The van der Waals surface area contributed by atoms with Gasteiger partial charge in [-0.3, -0.25) is 9.69 Å². The van der Waals surface area contributed by atoms with Crippen molar-refractivity contribution in [3.05, 3.63) is 70.7 Å². The molecule has 150 valence electrons. The van der Waals surface area contributed by atoms with Crippen molar-refractivity contribution in [1.82, 2.24) is 15.2 Å². The van der Waals surface area contributed by atoms with E-state index in [4.69, 9.17) is 4.74 Å². The number of hydrogen-bond donors (Lipinski definition) is 1. The van der Waals surface area contributed by atoms with Gasteiger partial charge in [0.1, 0.15) is 5.01 Å². The topological polar surface area (TPSA) is 54.5 Å². The highest BCUT2D eigenvalue weighted by Gasteiger charge is 2.22. The molecule has 1 saturated heterocycles. The van der Waals surface area contributed by atoms with Crippen LogP contribution in [0.5, 0.6) is 0 Å². The van der Waals surface area contributed by atoms with Crippen LogP contribution in [-0.4, -0.2) is 48.6 Å². The predicted octanol–water partition coefficient (Wildman–Crippen LogP) is 3.81. The van der Waals surface area contributed by atoms with Crippen molar-refractivity contribution >= 4 is 33.5 Å². The maximum absolute atomic E-state index is 12.4. The van der Waals surface area contributed by atoms with E-state index in [1.165, 1.54) is 11.1 Å². The molecule has 4 rings (SSSR count). The molecule has 1 aliphatic rings. The largest absolute Gasteiger partial charge is 0.379 e. The Bertz CT molecular complexity index is 958. The van der Waals surface area contributed by atoms with Gasteiger partial charge in [-0.25, -0.2) is 4.98 Å². The summed E-state index contributed by atoms with van der Waals surface area (Å²) in [4.78, 5) is 19.4. The second kappa shape index (κ2) is 9.31. The minimum Gasteiger partial charge on any atom is -0.379 e. The SMILES string of the molecule is Cc1ccc(C(CNC(=O)/C=C/c2nc3ccccc3s2)N2CCOCC2)cc1. The van der Waals surface area contributed by atoms with Crippen molar-refractivity contribution in [2.45, 2.75) is 13.0 Å². The Morgan fingerprint density at radius 2 is 1.97 bits per heavy atom. The zero-order chi connectivity index (χ0) is 20.1. The lowest BCUT2D eigenvalue weighted by molar-refractivity contribution is -0.116. The molecule has 3 aromatic rings. The first kappa shape index (κ1) is 19.8. The smallest absolute Gasteiger partial charge is 0.244 e. The molecule has 0 saturated carbocycles. The number of hydrogen-bond acceptors (Lipinski definition) is 5. The molecule has 1 aromatic heterocycles. The van der Waals surface area contributed by atoms with Crippen LogP contribution in [0.1, 0.15) is 22.2 Å². The first-order chi connectivity index (χ1) is 14.2. The highest BCUT2D eigenvalue weighted by Crippen LogP contribution is 2.23. The van der Waals surface area contributed by atoms with Gasteiger partial charge in [0.2, 0.25) is 5.91 Å². The quantitative estimate of drug-likeness (QED) is 0.632. The van der Waals surface area contributed by atoms with Crippen molar-refractivity contribution in [2.75, 3.05) is 32.8 Å². The standard InChI is InChI=1S/C23H25N3O2S/c1-17-6-8-18(9-7-17)20(26-12-14-28-15-13-26)16-24-22(27)10-11-23-25-19-4-2-3-5-21(19)29-23/h2-11,20H,12-16H2,1H3,(H,24,27)/b11-10+. The molecule has 1 aliphatic heterocycles. The maximum Gasteiger partial charge on any atom is 0.244 e. The second-order valence-corrected chi connectivity index (χ2v) is 8.24. The third-order valence-corrected chi connectivity index (χ3v) is 6.11. The first-order valence-electron chi connectivity index (χ1n) is 9.89. The Labute approximate surface area is 175 Å². The van der Waals surface area contributed by atoms with Gasteiger partial charge in [-0.2, -0.15) is 0 Å². The maximum atomic E-state index is 12.4. The summed E-state index contributed by atoms with van der Waals surface area (Å²) in [6.45, 7) is 5.85. The zero-order valence-electron chi connectivity index (χ0n) is 16.5. The number of nitrogens with one attached hydrogen (secondary N) is 1. The number of aromatic nitrogens is 1. The molecule has 1 unspecified atom stereocenters. The fourth-order valence-corrected chi connectivity index (χ4v) is 4.37. The van der Waals surface area contributed by atoms with Crippen LogP contribution in [0.15, 0.2) is 54.6 Å². The number of fused-ring (bicyclic) bond motifs is 1. The van der Waals surface area contributed by atoms with E-state index in [0.29, 0.717) is 6.54 Å². The van der Waals surface area contributed by atoms with Gasteiger partial charge < -0.3 is 10.1 Å². The third kappa shape index (κ3) is 5.09. The first-order valence-corrected chi connectivity index (χ1v) is 10.7. The van der Waals surface area contributed by atoms with E-state index in [0.717, 1.165) is 41.5 Å². The van der Waals surface area contributed by atoms with Gasteiger partial charge in [-0.1, -0.05) is 42.0 Å². The number of benzene rings is 2. The molecule has 29 heavy (non-hydrogen) atoms. The van der Waals surface area contributed by atoms with Gasteiger partial charge in [0.15, 0.2) is 0 Å². The number of carbonyl (C=O) groups is 1. The number of ether oxygens (including phenoxy) is 1. The monoisotopic (exact) mass is 407 g/mol. The highest BCUT2D eigenvalue weighted by atomic mass is 32.1. The van der Waals surface area contributed by atoms with Crippen LogP contribution >= 0.6 is 11.3 Å². The number of carbonyl (C=O) groups excluding carboxylic acids is 1. The van der Waals surface area contributed by atoms with E-state index in [2.05, 4.69) is 46.4 Å². The summed E-state index contributed by atoms with van der Waals surface area (Å²) < 4.78 is 6.62. The Hall–Kier alpha value is -2.54. The van der Waals surface area contributed by atoms with Crippen LogP contribution < -0.4 is 5.32 Å². The molecular formula is C23H25N3O2S. The fraction of sp³-hybridized carbons (Fsp3) is 0.304. The minimum absolute atomic E-state index is 0.102. The van der Waals surface area contributed by atoms with Gasteiger partial charge in [0, 0.05) is 25.7 Å². The molecule has 1 N–H and O–H groups in total. The number of rotatable bonds is 6. The van der Waals surface area contributed by atoms with E-state index >= 15 is 0 Å². The molecule has 1 amide bonds. The van der Waals surface area contributed by atoms with E-state index in [1.54, 1.807) is 23.5 Å². The third-order valence-electron chi connectivity index (χ3n) is 5.11. The molecule has 0 spiro atoms. The molecular weight excluding hydrogens is 382 g/mol. The highest BCUT2D eigenvalue weighted by molar-refractivity contribution is 7.19. The number of para-hydroxylation sites is 1. The van der Waals surface area contributed by atoms with Gasteiger partial charge in [0.05, 0.1) is 29.5 Å². The summed E-state index contributed by atoms with van der Waals surface area (Å²) in [6.07, 6.45) is 3.36. The van der Waals surface area contributed by atoms with Crippen LogP contribution in [0, 0.1) is 6.92 Å². The molecule has 2 heterocycles. The van der Waals surface area contributed by atoms with Crippen molar-refractivity contribution in [2.24, 2.45) is 0 Å². The van der Waals surface area contributed by atoms with Gasteiger partial charge >= 0.3 is 0 Å². The summed E-state index contributed by atoms with van der Waals surface area (Å²) in [7, 11) is 0. The Morgan fingerprint density at radius 1 is 1.21 bits per heavy atom. The van der Waals surface area contributed by atoms with Crippen LogP contribution in [0.2, 0.25) is 0 Å². The lowest BCUT2D eigenvalue weighted by Crippen LogP contribution is -2.43. The van der Waals surface area contributed by atoms with Crippen LogP contribution in [-0.2, 0) is 9.53 Å². The van der Waals surface area contributed by atoms with E-state index in [-0.39, 0.29) is 11.9 Å². The average Bonchev–Trinajstić information content (AvgIpc) is 3.17.